The summed E-state index contributed by atoms with van der Waals surface area (Å²) in [6.45, 7) is 0. The lowest BCUT2D eigenvalue weighted by molar-refractivity contribution is 0.0982. The molecule has 0 amide bonds. The van der Waals surface area contributed by atoms with Crippen LogP contribution in [0.15, 0.2) is 71.6 Å². The molecular weight excluding hydrogens is 334 g/mol. The zero-order valence-corrected chi connectivity index (χ0v) is 14.7. The predicted molar refractivity (Wildman–Crippen MR) is 98.9 cm³/mol. The number of carbonyl (C=O) groups excluding carboxylic acids is 1. The highest BCUT2D eigenvalue weighted by atomic mass is 32.2. The summed E-state index contributed by atoms with van der Waals surface area (Å²) >= 11 is 1.70. The van der Waals surface area contributed by atoms with E-state index in [1.807, 2.05) is 36.4 Å². The van der Waals surface area contributed by atoms with Gasteiger partial charge in [0.1, 0.15) is 11.5 Å². The second-order valence-electron chi connectivity index (χ2n) is 5.52. The van der Waals surface area contributed by atoms with Gasteiger partial charge in [0.05, 0.1) is 19.1 Å². The number of ketones is 1. The fourth-order valence-electron chi connectivity index (χ4n) is 2.49. The molecule has 0 unspecified atom stereocenters. The predicted octanol–water partition coefficient (Wildman–Crippen LogP) is 4.93. The third-order valence-corrected chi connectivity index (χ3v) is 5.16. The van der Waals surface area contributed by atoms with Crippen LogP contribution in [0.1, 0.15) is 33.4 Å². The number of benzene rings is 1. The van der Waals surface area contributed by atoms with Crippen molar-refractivity contribution in [3.8, 4) is 5.75 Å². The largest absolute Gasteiger partial charge is 0.497 e. The van der Waals surface area contributed by atoms with E-state index in [1.54, 1.807) is 49.7 Å². The zero-order valence-electron chi connectivity index (χ0n) is 13.9. The monoisotopic (exact) mass is 353 g/mol. The number of carbonyl (C=O) groups is 1. The summed E-state index contributed by atoms with van der Waals surface area (Å²) in [5.41, 5.74) is 1.78. The number of aromatic nitrogens is 1. The molecular formula is C20H19NO3S. The Labute approximate surface area is 151 Å². The molecule has 0 saturated carbocycles. The van der Waals surface area contributed by atoms with Gasteiger partial charge in [0, 0.05) is 29.6 Å². The van der Waals surface area contributed by atoms with E-state index in [0.29, 0.717) is 17.7 Å². The van der Waals surface area contributed by atoms with Crippen molar-refractivity contribution in [2.75, 3.05) is 7.11 Å². The molecule has 1 aromatic carbocycles. The minimum atomic E-state index is 0.0386. The lowest BCUT2D eigenvalue weighted by atomic mass is 10.0. The van der Waals surface area contributed by atoms with Crippen molar-refractivity contribution in [1.82, 2.24) is 4.98 Å². The number of hydrogen-bond donors (Lipinski definition) is 0. The Morgan fingerprint density at radius 3 is 2.56 bits per heavy atom. The Bertz CT molecular complexity index is 786. The Hall–Kier alpha value is -2.53. The van der Waals surface area contributed by atoms with Crippen LogP contribution in [0.25, 0.3) is 0 Å². The summed E-state index contributed by atoms with van der Waals surface area (Å²) in [4.78, 5) is 16.6. The molecule has 2 aromatic heterocycles. The molecule has 0 N–H and O–H groups in total. The molecule has 1 atom stereocenters. The van der Waals surface area contributed by atoms with Crippen molar-refractivity contribution in [3.05, 3.63) is 84.1 Å². The van der Waals surface area contributed by atoms with Crippen LogP contribution in [0.2, 0.25) is 0 Å². The van der Waals surface area contributed by atoms with Gasteiger partial charge in [0.2, 0.25) is 0 Å². The maximum absolute atomic E-state index is 12.6. The van der Waals surface area contributed by atoms with Crippen molar-refractivity contribution in [2.24, 2.45) is 0 Å². The molecule has 4 nitrogen and oxygen atoms in total. The molecule has 0 fully saturated rings. The van der Waals surface area contributed by atoms with Crippen LogP contribution in [-0.2, 0) is 5.75 Å². The van der Waals surface area contributed by atoms with E-state index < -0.39 is 0 Å². The quantitative estimate of drug-likeness (QED) is 0.537. The van der Waals surface area contributed by atoms with Gasteiger partial charge in [-0.15, -0.1) is 11.8 Å². The maximum Gasteiger partial charge on any atom is 0.164 e. The van der Waals surface area contributed by atoms with E-state index in [4.69, 9.17) is 9.15 Å². The highest BCUT2D eigenvalue weighted by Crippen LogP contribution is 2.36. The first-order valence-corrected chi connectivity index (χ1v) is 9.02. The van der Waals surface area contributed by atoms with E-state index in [0.717, 1.165) is 17.1 Å². The molecule has 0 aliphatic rings. The lowest BCUT2D eigenvalue weighted by Crippen LogP contribution is -2.06. The van der Waals surface area contributed by atoms with Gasteiger partial charge >= 0.3 is 0 Å². The number of furan rings is 1. The summed E-state index contributed by atoms with van der Waals surface area (Å²) in [6.07, 6.45) is 5.37. The maximum atomic E-state index is 12.6. The van der Waals surface area contributed by atoms with E-state index >= 15 is 0 Å². The minimum absolute atomic E-state index is 0.0386. The molecule has 0 aliphatic heterocycles. The summed E-state index contributed by atoms with van der Waals surface area (Å²) in [5, 5.41) is 0.0386. The molecule has 5 heteroatoms. The first kappa shape index (κ1) is 17.3. The van der Waals surface area contributed by atoms with Gasteiger partial charge in [0.15, 0.2) is 5.78 Å². The average Bonchev–Trinajstić information content (AvgIpc) is 3.19. The Kier molecular flexibility index (Phi) is 5.90. The second-order valence-corrected chi connectivity index (χ2v) is 6.71. The highest BCUT2D eigenvalue weighted by Gasteiger charge is 2.18. The van der Waals surface area contributed by atoms with Crippen LogP contribution in [-0.4, -0.2) is 17.9 Å². The molecule has 0 bridgehead atoms. The molecule has 0 radical (unpaired) electrons. The summed E-state index contributed by atoms with van der Waals surface area (Å²) in [7, 11) is 1.64. The van der Waals surface area contributed by atoms with Crippen molar-refractivity contribution in [3.63, 3.8) is 0 Å². The van der Waals surface area contributed by atoms with Gasteiger partial charge in [0.25, 0.3) is 0 Å². The van der Waals surface area contributed by atoms with E-state index in [9.17, 15) is 4.79 Å². The van der Waals surface area contributed by atoms with E-state index in [2.05, 4.69) is 4.98 Å². The number of ether oxygens (including phenoxy) is 1. The number of Topliss-reactive ketones (excluding diaryl/α,β-unsaturated/α-hetero) is 1. The molecule has 0 saturated heterocycles. The first-order chi connectivity index (χ1) is 12.3. The number of methoxy groups -OCH3 is 1. The van der Waals surface area contributed by atoms with Gasteiger partial charge in [-0.05, 0) is 42.0 Å². The molecule has 3 aromatic rings. The van der Waals surface area contributed by atoms with Gasteiger partial charge in [-0.25, -0.2) is 0 Å². The first-order valence-electron chi connectivity index (χ1n) is 7.97. The lowest BCUT2D eigenvalue weighted by Gasteiger charge is -2.16. The van der Waals surface area contributed by atoms with Crippen LogP contribution in [0.4, 0.5) is 0 Å². The van der Waals surface area contributed by atoms with Gasteiger partial charge in [-0.1, -0.05) is 12.1 Å². The highest BCUT2D eigenvalue weighted by molar-refractivity contribution is 7.98. The number of thioether (sulfide) groups is 1. The van der Waals surface area contributed by atoms with Crippen LogP contribution in [0, 0.1) is 0 Å². The van der Waals surface area contributed by atoms with Crippen molar-refractivity contribution >= 4 is 17.5 Å². The van der Waals surface area contributed by atoms with Crippen molar-refractivity contribution in [1.29, 1.82) is 0 Å². The smallest absolute Gasteiger partial charge is 0.164 e. The van der Waals surface area contributed by atoms with Crippen molar-refractivity contribution in [2.45, 2.75) is 17.4 Å². The zero-order chi connectivity index (χ0) is 17.5. The SMILES string of the molecule is COc1ccc([C@@H](CC(=O)c2ccncc2)SCc2ccco2)cc1. The summed E-state index contributed by atoms with van der Waals surface area (Å²) in [5.74, 6) is 2.53. The van der Waals surface area contributed by atoms with Gasteiger partial charge < -0.3 is 9.15 Å². The molecule has 0 spiro atoms. The third-order valence-electron chi connectivity index (χ3n) is 3.87. The Balaban J connectivity index is 1.76. The fourth-order valence-corrected chi connectivity index (χ4v) is 3.64. The Morgan fingerprint density at radius 1 is 1.16 bits per heavy atom. The third kappa shape index (κ3) is 4.73. The second kappa shape index (κ2) is 8.53. The van der Waals surface area contributed by atoms with Crippen LogP contribution in [0.5, 0.6) is 5.75 Å². The molecule has 25 heavy (non-hydrogen) atoms. The average molecular weight is 353 g/mol. The van der Waals surface area contributed by atoms with Crippen molar-refractivity contribution < 1.29 is 13.9 Å². The summed E-state index contributed by atoms with van der Waals surface area (Å²) in [6, 6.07) is 15.2. The minimum Gasteiger partial charge on any atom is -0.497 e. The standard InChI is InChI=1S/C20H19NO3S/c1-23-17-6-4-16(5-7-17)20(25-14-18-3-2-12-24-18)13-19(22)15-8-10-21-11-9-15/h2-12,20H,13-14H2,1H3/t20-/m1/s1. The normalized spacial score (nSPS) is 11.9. The molecule has 2 heterocycles. The van der Waals surface area contributed by atoms with Gasteiger partial charge in [-0.3, -0.25) is 9.78 Å². The number of nitrogens with zero attached hydrogens (tertiary/aromatic N) is 1. The van der Waals surface area contributed by atoms with Crippen LogP contribution < -0.4 is 4.74 Å². The topological polar surface area (TPSA) is 52.3 Å². The number of hydrogen-bond acceptors (Lipinski definition) is 5. The Morgan fingerprint density at radius 2 is 1.92 bits per heavy atom. The van der Waals surface area contributed by atoms with Crippen LogP contribution >= 0.6 is 11.8 Å². The van der Waals surface area contributed by atoms with Crippen LogP contribution in [0.3, 0.4) is 0 Å². The summed E-state index contributed by atoms with van der Waals surface area (Å²) < 4.78 is 10.6. The molecule has 3 rings (SSSR count). The number of pyridine rings is 1. The van der Waals surface area contributed by atoms with E-state index in [1.165, 1.54) is 0 Å². The fraction of sp³-hybridized carbons (Fsp3) is 0.200. The van der Waals surface area contributed by atoms with Gasteiger partial charge in [-0.2, -0.15) is 0 Å². The molecule has 0 aliphatic carbocycles. The molecule has 128 valence electrons. The van der Waals surface area contributed by atoms with E-state index in [-0.39, 0.29) is 11.0 Å². The number of rotatable bonds is 8.